The Bertz CT molecular complexity index is 840. The summed E-state index contributed by atoms with van der Waals surface area (Å²) in [7, 11) is 0. The number of hydrogen-bond donors (Lipinski definition) is 1. The fourth-order valence-electron chi connectivity index (χ4n) is 1.99. The van der Waals surface area contributed by atoms with Crippen molar-refractivity contribution in [2.45, 2.75) is 13.0 Å². The minimum Gasteiger partial charge on any atom is -0.482 e. The third-order valence-electron chi connectivity index (χ3n) is 3.36. The number of hydrogen-bond acceptors (Lipinski definition) is 6. The highest BCUT2D eigenvalue weighted by molar-refractivity contribution is 5.96. The summed E-state index contributed by atoms with van der Waals surface area (Å²) < 4.78 is 10.2. The molecule has 7 nitrogen and oxygen atoms in total. The van der Waals surface area contributed by atoms with Gasteiger partial charge in [-0.1, -0.05) is 12.1 Å². The molecular formula is C19H16N2O5. The molecule has 0 unspecified atom stereocenters. The fourth-order valence-corrected chi connectivity index (χ4v) is 1.99. The normalized spacial score (nSPS) is 10.9. The van der Waals surface area contributed by atoms with E-state index >= 15 is 0 Å². The number of carbonyl (C=O) groups is 3. The molecule has 0 fully saturated rings. The van der Waals surface area contributed by atoms with Crippen molar-refractivity contribution in [3.63, 3.8) is 0 Å². The summed E-state index contributed by atoms with van der Waals surface area (Å²) in [5.41, 5.74) is 1.14. The largest absolute Gasteiger partial charge is 0.482 e. The average Bonchev–Trinajstić information content (AvgIpc) is 2.67. The van der Waals surface area contributed by atoms with Crippen molar-refractivity contribution in [3.05, 3.63) is 59.7 Å². The van der Waals surface area contributed by atoms with Gasteiger partial charge in [-0.2, -0.15) is 5.26 Å². The Labute approximate surface area is 150 Å². The quantitative estimate of drug-likeness (QED) is 0.605. The van der Waals surface area contributed by atoms with Gasteiger partial charge in [0, 0.05) is 5.56 Å². The molecule has 0 saturated carbocycles. The smallest absolute Gasteiger partial charge is 0.344 e. The van der Waals surface area contributed by atoms with Gasteiger partial charge in [0.2, 0.25) is 0 Å². The van der Waals surface area contributed by atoms with Crippen molar-refractivity contribution in [2.24, 2.45) is 0 Å². The second-order valence-corrected chi connectivity index (χ2v) is 5.25. The molecule has 26 heavy (non-hydrogen) atoms. The monoisotopic (exact) mass is 352 g/mol. The second-order valence-electron chi connectivity index (χ2n) is 5.25. The Morgan fingerprint density at radius 2 is 1.88 bits per heavy atom. The van der Waals surface area contributed by atoms with Gasteiger partial charge >= 0.3 is 5.97 Å². The molecule has 0 aromatic heterocycles. The summed E-state index contributed by atoms with van der Waals surface area (Å²) in [6.45, 7) is 1.04. The number of esters is 1. The predicted octanol–water partition coefficient (Wildman–Crippen LogP) is 2.32. The number of benzene rings is 2. The number of aldehydes is 1. The molecule has 2 aromatic rings. The number of amides is 1. The first-order chi connectivity index (χ1) is 12.5. The average molecular weight is 352 g/mol. The summed E-state index contributed by atoms with van der Waals surface area (Å²) >= 11 is 0. The van der Waals surface area contributed by atoms with Crippen LogP contribution in [0, 0.1) is 11.3 Å². The van der Waals surface area contributed by atoms with Crippen LogP contribution >= 0.6 is 0 Å². The SMILES string of the molecule is C[C@H](OC(=O)COc1ccc(C=O)cc1)C(=O)Nc1ccccc1C#N. The van der Waals surface area contributed by atoms with Crippen LogP contribution in [0.5, 0.6) is 5.75 Å². The first kappa shape index (κ1) is 18.7. The second kappa shape index (κ2) is 8.99. The summed E-state index contributed by atoms with van der Waals surface area (Å²) in [6.07, 6.45) is -0.363. The van der Waals surface area contributed by atoms with Gasteiger partial charge in [0.1, 0.15) is 18.1 Å². The van der Waals surface area contributed by atoms with E-state index in [0.717, 1.165) is 0 Å². The van der Waals surface area contributed by atoms with Crippen LogP contribution < -0.4 is 10.1 Å². The van der Waals surface area contributed by atoms with Crippen molar-refractivity contribution in [3.8, 4) is 11.8 Å². The van der Waals surface area contributed by atoms with Crippen LogP contribution in [0.4, 0.5) is 5.69 Å². The predicted molar refractivity (Wildman–Crippen MR) is 92.7 cm³/mol. The molecule has 1 N–H and O–H groups in total. The first-order valence-corrected chi connectivity index (χ1v) is 7.71. The third-order valence-corrected chi connectivity index (χ3v) is 3.36. The molecule has 0 bridgehead atoms. The van der Waals surface area contributed by atoms with Crippen molar-refractivity contribution in [1.29, 1.82) is 5.26 Å². The highest BCUT2D eigenvalue weighted by Gasteiger charge is 2.19. The lowest BCUT2D eigenvalue weighted by molar-refractivity contribution is -0.155. The molecule has 0 aliphatic rings. The van der Waals surface area contributed by atoms with Crippen molar-refractivity contribution >= 4 is 23.9 Å². The van der Waals surface area contributed by atoms with E-state index in [4.69, 9.17) is 14.7 Å². The maximum absolute atomic E-state index is 12.1. The van der Waals surface area contributed by atoms with Crippen LogP contribution in [-0.2, 0) is 14.3 Å². The van der Waals surface area contributed by atoms with E-state index in [1.807, 2.05) is 6.07 Å². The zero-order chi connectivity index (χ0) is 18.9. The van der Waals surface area contributed by atoms with Crippen LogP contribution in [-0.4, -0.2) is 30.9 Å². The summed E-state index contributed by atoms with van der Waals surface area (Å²) in [5.74, 6) is -0.885. The van der Waals surface area contributed by atoms with Crippen molar-refractivity contribution in [1.82, 2.24) is 0 Å². The summed E-state index contributed by atoms with van der Waals surface area (Å²) in [6, 6.07) is 14.7. The Kier molecular flexibility index (Phi) is 6.46. The molecule has 0 saturated heterocycles. The van der Waals surface area contributed by atoms with Gasteiger partial charge in [0.05, 0.1) is 11.3 Å². The van der Waals surface area contributed by atoms with E-state index in [1.54, 1.807) is 48.5 Å². The Morgan fingerprint density at radius 1 is 1.19 bits per heavy atom. The molecule has 1 atom stereocenters. The van der Waals surface area contributed by atoms with Gasteiger partial charge in [-0.25, -0.2) is 4.79 Å². The van der Waals surface area contributed by atoms with Crippen molar-refractivity contribution < 1.29 is 23.9 Å². The van der Waals surface area contributed by atoms with E-state index in [-0.39, 0.29) is 6.61 Å². The number of anilines is 1. The molecule has 7 heteroatoms. The molecule has 2 rings (SSSR count). The lowest BCUT2D eigenvalue weighted by Gasteiger charge is -2.14. The van der Waals surface area contributed by atoms with E-state index < -0.39 is 18.0 Å². The molecule has 0 heterocycles. The molecule has 1 amide bonds. The van der Waals surface area contributed by atoms with Crippen molar-refractivity contribution in [2.75, 3.05) is 11.9 Å². The lowest BCUT2D eigenvalue weighted by Crippen LogP contribution is -2.31. The molecule has 0 spiro atoms. The lowest BCUT2D eigenvalue weighted by atomic mass is 10.2. The maximum Gasteiger partial charge on any atom is 0.344 e. The van der Waals surface area contributed by atoms with Gasteiger partial charge in [0.15, 0.2) is 12.7 Å². The van der Waals surface area contributed by atoms with Crippen LogP contribution in [0.25, 0.3) is 0 Å². The minimum atomic E-state index is -1.06. The third kappa shape index (κ3) is 5.18. The van der Waals surface area contributed by atoms with Crippen LogP contribution in [0.15, 0.2) is 48.5 Å². The molecule has 0 aliphatic heterocycles. The standard InChI is InChI=1S/C19H16N2O5/c1-13(19(24)21-17-5-3-2-4-15(17)10-20)26-18(23)12-25-16-8-6-14(11-22)7-9-16/h2-9,11,13H,12H2,1H3,(H,21,24)/t13-/m0/s1. The van der Waals surface area contributed by atoms with E-state index in [2.05, 4.69) is 5.32 Å². The van der Waals surface area contributed by atoms with Gasteiger partial charge in [-0.05, 0) is 43.3 Å². The highest BCUT2D eigenvalue weighted by atomic mass is 16.6. The summed E-state index contributed by atoms with van der Waals surface area (Å²) in [5, 5.41) is 11.5. The number of rotatable bonds is 7. The summed E-state index contributed by atoms with van der Waals surface area (Å²) in [4.78, 5) is 34.5. The minimum absolute atomic E-state index is 0.307. The van der Waals surface area contributed by atoms with Gasteiger partial charge in [-0.15, -0.1) is 0 Å². The number of nitriles is 1. The fraction of sp³-hybridized carbons (Fsp3) is 0.158. The van der Waals surface area contributed by atoms with Crippen LogP contribution in [0.2, 0.25) is 0 Å². The van der Waals surface area contributed by atoms with Gasteiger partial charge < -0.3 is 14.8 Å². The number of ether oxygens (including phenoxy) is 2. The van der Waals surface area contributed by atoms with Crippen LogP contribution in [0.1, 0.15) is 22.8 Å². The number of carbonyl (C=O) groups excluding carboxylic acids is 3. The zero-order valence-electron chi connectivity index (χ0n) is 14.0. The van der Waals surface area contributed by atoms with E-state index in [9.17, 15) is 14.4 Å². The molecule has 2 aromatic carbocycles. The molecule has 0 aliphatic carbocycles. The maximum atomic E-state index is 12.1. The molecule has 0 radical (unpaired) electrons. The number of para-hydroxylation sites is 1. The first-order valence-electron chi connectivity index (χ1n) is 7.71. The molecule has 132 valence electrons. The Hall–Kier alpha value is -3.66. The van der Waals surface area contributed by atoms with Crippen LogP contribution in [0.3, 0.4) is 0 Å². The zero-order valence-corrected chi connectivity index (χ0v) is 14.0. The Morgan fingerprint density at radius 3 is 2.54 bits per heavy atom. The molecular weight excluding hydrogens is 336 g/mol. The van der Waals surface area contributed by atoms with E-state index in [1.165, 1.54) is 6.92 Å². The van der Waals surface area contributed by atoms with E-state index in [0.29, 0.717) is 28.8 Å². The Balaban J connectivity index is 1.84. The number of nitrogens with zero attached hydrogens (tertiary/aromatic N) is 1. The number of nitrogens with one attached hydrogen (secondary N) is 1. The topological polar surface area (TPSA) is 105 Å². The van der Waals surface area contributed by atoms with Gasteiger partial charge in [-0.3, -0.25) is 9.59 Å². The van der Waals surface area contributed by atoms with Gasteiger partial charge in [0.25, 0.3) is 5.91 Å². The highest BCUT2D eigenvalue weighted by Crippen LogP contribution is 2.14.